The number of carbonyl (C=O) groups is 1. The lowest BCUT2D eigenvalue weighted by Crippen LogP contribution is -2.48. The molecule has 1 fully saturated rings. The smallest absolute Gasteiger partial charge is 0.238 e. The van der Waals surface area contributed by atoms with E-state index >= 15 is 0 Å². The summed E-state index contributed by atoms with van der Waals surface area (Å²) in [4.78, 5) is 14.1. The lowest BCUT2D eigenvalue weighted by atomic mass is 10.2. The number of nitrogens with one attached hydrogen (secondary N) is 1. The molecule has 20 heavy (non-hydrogen) atoms. The standard InChI is InChI=1S/C15H19N3O2/c1-11-8-18(9-12(2)20-11)10-15(19)17-14-6-4-3-5-13(14)7-16/h3-6,11-12H,8-10H2,1-2H3,(H,17,19)/t11-,12+. The van der Waals surface area contributed by atoms with Gasteiger partial charge in [0, 0.05) is 13.1 Å². The number of hydrogen-bond acceptors (Lipinski definition) is 4. The second-order valence-corrected chi connectivity index (χ2v) is 5.16. The van der Waals surface area contributed by atoms with Crippen molar-refractivity contribution in [2.45, 2.75) is 26.1 Å². The first-order valence-corrected chi connectivity index (χ1v) is 6.75. The molecule has 1 aromatic rings. The molecule has 0 saturated carbocycles. The number of carbonyl (C=O) groups excluding carboxylic acids is 1. The molecule has 2 atom stereocenters. The normalized spacial score (nSPS) is 23.1. The summed E-state index contributed by atoms with van der Waals surface area (Å²) in [5.41, 5.74) is 1.04. The maximum absolute atomic E-state index is 12.1. The summed E-state index contributed by atoms with van der Waals surface area (Å²) in [7, 11) is 0. The minimum absolute atomic E-state index is 0.103. The summed E-state index contributed by atoms with van der Waals surface area (Å²) < 4.78 is 5.64. The van der Waals surface area contributed by atoms with Gasteiger partial charge in [0.2, 0.25) is 5.91 Å². The molecule has 0 bridgehead atoms. The molecule has 1 heterocycles. The van der Waals surface area contributed by atoms with Gasteiger partial charge in [0.1, 0.15) is 6.07 Å². The summed E-state index contributed by atoms with van der Waals surface area (Å²) >= 11 is 0. The Morgan fingerprint density at radius 2 is 2.05 bits per heavy atom. The number of nitriles is 1. The molecule has 1 aromatic carbocycles. The van der Waals surface area contributed by atoms with Crippen LogP contribution in [0.5, 0.6) is 0 Å². The van der Waals surface area contributed by atoms with Crippen molar-refractivity contribution in [1.82, 2.24) is 4.90 Å². The maximum atomic E-state index is 12.1. The Labute approximate surface area is 119 Å². The molecular weight excluding hydrogens is 254 g/mol. The summed E-state index contributed by atoms with van der Waals surface area (Å²) in [6.07, 6.45) is 0.274. The van der Waals surface area contributed by atoms with Crippen LogP contribution in [0.15, 0.2) is 24.3 Å². The second-order valence-electron chi connectivity index (χ2n) is 5.16. The summed E-state index contributed by atoms with van der Waals surface area (Å²) in [5, 5.41) is 11.8. The van der Waals surface area contributed by atoms with Gasteiger partial charge >= 0.3 is 0 Å². The number of rotatable bonds is 3. The first-order chi connectivity index (χ1) is 9.58. The molecule has 1 saturated heterocycles. The van der Waals surface area contributed by atoms with Crippen LogP contribution in [0.3, 0.4) is 0 Å². The topological polar surface area (TPSA) is 65.4 Å². The Balaban J connectivity index is 1.94. The zero-order chi connectivity index (χ0) is 14.5. The Morgan fingerprint density at radius 3 is 2.70 bits per heavy atom. The monoisotopic (exact) mass is 273 g/mol. The van der Waals surface area contributed by atoms with Crippen LogP contribution < -0.4 is 5.32 Å². The third-order valence-electron chi connectivity index (χ3n) is 3.18. The SMILES string of the molecule is C[C@@H]1CN(CC(=O)Nc2ccccc2C#N)C[C@H](C)O1. The highest BCUT2D eigenvalue weighted by Gasteiger charge is 2.23. The van der Waals surface area contributed by atoms with E-state index < -0.39 is 0 Å². The minimum atomic E-state index is -0.103. The van der Waals surface area contributed by atoms with Crippen LogP contribution in [-0.4, -0.2) is 42.6 Å². The van der Waals surface area contributed by atoms with E-state index in [0.717, 1.165) is 13.1 Å². The van der Waals surface area contributed by atoms with Gasteiger partial charge in [0.25, 0.3) is 0 Å². The molecule has 5 nitrogen and oxygen atoms in total. The zero-order valence-electron chi connectivity index (χ0n) is 11.8. The Kier molecular flexibility index (Phi) is 4.72. The molecule has 0 aromatic heterocycles. The van der Waals surface area contributed by atoms with Crippen molar-refractivity contribution < 1.29 is 9.53 Å². The molecule has 0 unspecified atom stereocenters. The number of hydrogen-bond donors (Lipinski definition) is 1. The molecular formula is C15H19N3O2. The van der Waals surface area contributed by atoms with Gasteiger partial charge in [-0.05, 0) is 26.0 Å². The molecule has 5 heteroatoms. The number of anilines is 1. The van der Waals surface area contributed by atoms with Crippen LogP contribution in [0.1, 0.15) is 19.4 Å². The number of ether oxygens (including phenoxy) is 1. The fourth-order valence-electron chi connectivity index (χ4n) is 2.50. The first-order valence-electron chi connectivity index (χ1n) is 6.75. The molecule has 1 aliphatic rings. The highest BCUT2D eigenvalue weighted by molar-refractivity contribution is 5.93. The van der Waals surface area contributed by atoms with Crippen molar-refractivity contribution in [2.75, 3.05) is 25.0 Å². The minimum Gasteiger partial charge on any atom is -0.373 e. The molecule has 2 rings (SSSR count). The lowest BCUT2D eigenvalue weighted by Gasteiger charge is -2.34. The van der Waals surface area contributed by atoms with Crippen LogP contribution in [0.2, 0.25) is 0 Å². The first kappa shape index (κ1) is 14.5. The van der Waals surface area contributed by atoms with E-state index in [-0.39, 0.29) is 18.1 Å². The van der Waals surface area contributed by atoms with Gasteiger partial charge < -0.3 is 10.1 Å². The largest absolute Gasteiger partial charge is 0.373 e. The zero-order valence-corrected chi connectivity index (χ0v) is 11.8. The van der Waals surface area contributed by atoms with E-state index in [1.807, 2.05) is 13.8 Å². The van der Waals surface area contributed by atoms with Crippen molar-refractivity contribution in [2.24, 2.45) is 0 Å². The lowest BCUT2D eigenvalue weighted by molar-refractivity contribution is -0.121. The molecule has 106 valence electrons. The van der Waals surface area contributed by atoms with E-state index in [1.165, 1.54) is 0 Å². The predicted molar refractivity (Wildman–Crippen MR) is 76.2 cm³/mol. The van der Waals surface area contributed by atoms with Crippen LogP contribution >= 0.6 is 0 Å². The second kappa shape index (κ2) is 6.51. The maximum Gasteiger partial charge on any atom is 0.238 e. The Bertz CT molecular complexity index is 514. The van der Waals surface area contributed by atoms with E-state index in [9.17, 15) is 4.79 Å². The van der Waals surface area contributed by atoms with Crippen molar-refractivity contribution in [3.8, 4) is 6.07 Å². The fraction of sp³-hybridized carbons (Fsp3) is 0.467. The highest BCUT2D eigenvalue weighted by atomic mass is 16.5. The average molecular weight is 273 g/mol. The molecule has 0 radical (unpaired) electrons. The molecule has 1 aliphatic heterocycles. The van der Waals surface area contributed by atoms with Gasteiger partial charge in [0.05, 0.1) is 30.0 Å². The Morgan fingerprint density at radius 1 is 1.40 bits per heavy atom. The third-order valence-corrected chi connectivity index (χ3v) is 3.18. The number of amides is 1. The summed E-state index contributed by atoms with van der Waals surface area (Å²) in [6, 6.07) is 9.07. The van der Waals surface area contributed by atoms with E-state index in [0.29, 0.717) is 17.8 Å². The van der Waals surface area contributed by atoms with E-state index in [4.69, 9.17) is 10.00 Å². The van der Waals surface area contributed by atoms with Crippen LogP contribution in [0.25, 0.3) is 0 Å². The average Bonchev–Trinajstić information content (AvgIpc) is 2.37. The summed E-state index contributed by atoms with van der Waals surface area (Å²) in [5.74, 6) is -0.103. The number of para-hydroxylation sites is 1. The van der Waals surface area contributed by atoms with Gasteiger partial charge in [-0.1, -0.05) is 12.1 Å². The van der Waals surface area contributed by atoms with Gasteiger partial charge in [0.15, 0.2) is 0 Å². The van der Waals surface area contributed by atoms with Crippen molar-refractivity contribution in [1.29, 1.82) is 5.26 Å². The number of benzene rings is 1. The van der Waals surface area contributed by atoms with Gasteiger partial charge in [-0.25, -0.2) is 0 Å². The van der Waals surface area contributed by atoms with Crippen LogP contribution in [0, 0.1) is 11.3 Å². The van der Waals surface area contributed by atoms with E-state index in [1.54, 1.807) is 24.3 Å². The van der Waals surface area contributed by atoms with E-state index in [2.05, 4.69) is 16.3 Å². The van der Waals surface area contributed by atoms with Crippen LogP contribution in [0.4, 0.5) is 5.69 Å². The van der Waals surface area contributed by atoms with Crippen molar-refractivity contribution in [3.05, 3.63) is 29.8 Å². The third kappa shape index (κ3) is 3.80. The van der Waals surface area contributed by atoms with Crippen molar-refractivity contribution in [3.63, 3.8) is 0 Å². The molecule has 1 N–H and O–H groups in total. The molecule has 0 spiro atoms. The van der Waals surface area contributed by atoms with Crippen molar-refractivity contribution >= 4 is 11.6 Å². The Hall–Kier alpha value is -1.90. The predicted octanol–water partition coefficient (Wildman–Crippen LogP) is 1.61. The van der Waals surface area contributed by atoms with Gasteiger partial charge in [-0.3, -0.25) is 9.69 Å². The quantitative estimate of drug-likeness (QED) is 0.908. The number of nitrogens with zero attached hydrogens (tertiary/aromatic N) is 2. The van der Waals surface area contributed by atoms with Gasteiger partial charge in [-0.15, -0.1) is 0 Å². The molecule has 1 amide bonds. The highest BCUT2D eigenvalue weighted by Crippen LogP contribution is 2.14. The number of morpholine rings is 1. The molecule has 0 aliphatic carbocycles. The van der Waals surface area contributed by atoms with Gasteiger partial charge in [-0.2, -0.15) is 5.26 Å². The van der Waals surface area contributed by atoms with Crippen LogP contribution in [-0.2, 0) is 9.53 Å². The fourth-order valence-corrected chi connectivity index (χ4v) is 2.50. The summed E-state index contributed by atoms with van der Waals surface area (Å²) in [6.45, 7) is 5.82.